The lowest BCUT2D eigenvalue weighted by atomic mass is 10.0. The fraction of sp³-hybridized carbons (Fsp3) is 0.526. The number of piperidine rings is 1. The monoisotopic (exact) mass is 361 g/mol. The number of nitrogens with zero attached hydrogens (tertiary/aromatic N) is 2. The van der Waals surface area contributed by atoms with Crippen LogP contribution in [0.3, 0.4) is 0 Å². The standard InChI is InChI=1S/C19H27N3O4/c1-14(18(24)25)12-21(2)19(26)20-16-9-6-10-22(13-16)17(23)11-15-7-4-3-5-8-15/h3-5,7-8,14,16H,6,9-13H2,1-2H3,(H,20,26)(H,24,25). The van der Waals surface area contributed by atoms with Gasteiger partial charge in [0.05, 0.1) is 12.3 Å². The summed E-state index contributed by atoms with van der Waals surface area (Å²) in [7, 11) is 1.58. The van der Waals surface area contributed by atoms with Crippen molar-refractivity contribution in [3.8, 4) is 0 Å². The van der Waals surface area contributed by atoms with E-state index >= 15 is 0 Å². The van der Waals surface area contributed by atoms with Gasteiger partial charge < -0.3 is 20.2 Å². The number of nitrogens with one attached hydrogen (secondary N) is 1. The van der Waals surface area contributed by atoms with E-state index in [0.717, 1.165) is 18.4 Å². The molecule has 1 aromatic carbocycles. The van der Waals surface area contributed by atoms with Crippen LogP contribution in [0.5, 0.6) is 0 Å². The number of carboxylic acids is 1. The van der Waals surface area contributed by atoms with Crippen LogP contribution >= 0.6 is 0 Å². The summed E-state index contributed by atoms with van der Waals surface area (Å²) in [5, 5.41) is 11.9. The molecule has 2 rings (SSSR count). The zero-order valence-corrected chi connectivity index (χ0v) is 15.4. The van der Waals surface area contributed by atoms with Crippen molar-refractivity contribution in [2.45, 2.75) is 32.2 Å². The largest absolute Gasteiger partial charge is 0.481 e. The van der Waals surface area contributed by atoms with E-state index in [4.69, 9.17) is 5.11 Å². The highest BCUT2D eigenvalue weighted by Crippen LogP contribution is 2.13. The number of carbonyl (C=O) groups is 3. The molecule has 2 atom stereocenters. The van der Waals surface area contributed by atoms with Crippen molar-refractivity contribution in [3.63, 3.8) is 0 Å². The highest BCUT2D eigenvalue weighted by molar-refractivity contribution is 5.79. The molecule has 1 fully saturated rings. The fourth-order valence-electron chi connectivity index (χ4n) is 3.06. The van der Waals surface area contributed by atoms with Crippen LogP contribution in [0.1, 0.15) is 25.3 Å². The second-order valence-electron chi connectivity index (χ2n) is 6.91. The van der Waals surface area contributed by atoms with Crippen LogP contribution in [-0.2, 0) is 16.0 Å². The molecule has 7 heteroatoms. The molecule has 0 radical (unpaired) electrons. The number of rotatable bonds is 6. The summed E-state index contributed by atoms with van der Waals surface area (Å²) < 4.78 is 0. The first kappa shape index (κ1) is 19.8. The summed E-state index contributed by atoms with van der Waals surface area (Å²) in [6, 6.07) is 9.19. The maximum absolute atomic E-state index is 12.5. The van der Waals surface area contributed by atoms with Gasteiger partial charge in [0.15, 0.2) is 0 Å². The van der Waals surface area contributed by atoms with Gasteiger partial charge in [0.25, 0.3) is 0 Å². The maximum Gasteiger partial charge on any atom is 0.317 e. The number of carboxylic acid groups (broad SMARTS) is 1. The smallest absolute Gasteiger partial charge is 0.317 e. The minimum atomic E-state index is -0.931. The summed E-state index contributed by atoms with van der Waals surface area (Å²) in [5.41, 5.74) is 0.978. The first-order chi connectivity index (χ1) is 12.4. The minimum absolute atomic E-state index is 0.0583. The molecular formula is C19H27N3O4. The molecule has 7 nitrogen and oxygen atoms in total. The highest BCUT2D eigenvalue weighted by atomic mass is 16.4. The fourth-order valence-corrected chi connectivity index (χ4v) is 3.06. The van der Waals surface area contributed by atoms with E-state index < -0.39 is 11.9 Å². The topological polar surface area (TPSA) is 90.0 Å². The summed E-state index contributed by atoms with van der Waals surface area (Å²) in [6.45, 7) is 2.89. The first-order valence-electron chi connectivity index (χ1n) is 8.93. The maximum atomic E-state index is 12.5. The second-order valence-corrected chi connectivity index (χ2v) is 6.91. The Kier molecular flexibility index (Phi) is 7.00. The zero-order valence-electron chi connectivity index (χ0n) is 15.4. The Morgan fingerprint density at radius 2 is 2.00 bits per heavy atom. The van der Waals surface area contributed by atoms with Crippen LogP contribution in [0.4, 0.5) is 4.79 Å². The van der Waals surface area contributed by atoms with E-state index in [-0.39, 0.29) is 24.5 Å². The number of hydrogen-bond acceptors (Lipinski definition) is 3. The summed E-state index contributed by atoms with van der Waals surface area (Å²) in [5.74, 6) is -1.50. The lowest BCUT2D eigenvalue weighted by molar-refractivity contribution is -0.141. The van der Waals surface area contributed by atoms with Crippen molar-refractivity contribution in [2.75, 3.05) is 26.7 Å². The van der Waals surface area contributed by atoms with E-state index in [0.29, 0.717) is 19.5 Å². The third kappa shape index (κ3) is 5.75. The zero-order chi connectivity index (χ0) is 19.1. The van der Waals surface area contributed by atoms with Gasteiger partial charge in [-0.25, -0.2) is 4.79 Å². The molecule has 0 aromatic heterocycles. The van der Waals surface area contributed by atoms with Crippen LogP contribution < -0.4 is 5.32 Å². The van der Waals surface area contributed by atoms with Crippen molar-refractivity contribution in [1.29, 1.82) is 0 Å². The molecule has 1 saturated heterocycles. The quantitative estimate of drug-likeness (QED) is 0.805. The Labute approximate surface area is 154 Å². The highest BCUT2D eigenvalue weighted by Gasteiger charge is 2.26. The summed E-state index contributed by atoms with van der Waals surface area (Å²) in [6.07, 6.45) is 2.00. The summed E-state index contributed by atoms with van der Waals surface area (Å²) in [4.78, 5) is 38.8. The van der Waals surface area contributed by atoms with Crippen LogP contribution in [0.15, 0.2) is 30.3 Å². The minimum Gasteiger partial charge on any atom is -0.481 e. The molecule has 2 unspecified atom stereocenters. The molecule has 1 aromatic rings. The average Bonchev–Trinajstić information content (AvgIpc) is 2.62. The Balaban J connectivity index is 1.84. The van der Waals surface area contributed by atoms with E-state index in [9.17, 15) is 14.4 Å². The number of benzene rings is 1. The van der Waals surface area contributed by atoms with Crippen LogP contribution in [0.2, 0.25) is 0 Å². The van der Waals surface area contributed by atoms with Gasteiger partial charge in [0, 0.05) is 32.7 Å². The van der Waals surface area contributed by atoms with Crippen LogP contribution in [-0.4, -0.2) is 65.5 Å². The first-order valence-corrected chi connectivity index (χ1v) is 8.93. The van der Waals surface area contributed by atoms with E-state index in [1.807, 2.05) is 30.3 Å². The van der Waals surface area contributed by atoms with Crippen molar-refractivity contribution in [2.24, 2.45) is 5.92 Å². The van der Waals surface area contributed by atoms with Crippen LogP contribution in [0, 0.1) is 5.92 Å². The van der Waals surface area contributed by atoms with Gasteiger partial charge in [0.1, 0.15) is 0 Å². The van der Waals surface area contributed by atoms with Crippen molar-refractivity contribution in [1.82, 2.24) is 15.1 Å². The predicted molar refractivity (Wildman–Crippen MR) is 97.7 cm³/mol. The lowest BCUT2D eigenvalue weighted by Gasteiger charge is -2.34. The van der Waals surface area contributed by atoms with Gasteiger partial charge in [-0.05, 0) is 18.4 Å². The molecule has 0 aliphatic carbocycles. The molecule has 0 spiro atoms. The molecule has 142 valence electrons. The van der Waals surface area contributed by atoms with Gasteiger partial charge in [-0.1, -0.05) is 37.3 Å². The second kappa shape index (κ2) is 9.22. The van der Waals surface area contributed by atoms with Crippen molar-refractivity contribution < 1.29 is 19.5 Å². The molecular weight excluding hydrogens is 334 g/mol. The Morgan fingerprint density at radius 1 is 1.31 bits per heavy atom. The molecule has 26 heavy (non-hydrogen) atoms. The lowest BCUT2D eigenvalue weighted by Crippen LogP contribution is -2.53. The molecule has 1 aliphatic heterocycles. The Bertz CT molecular complexity index is 635. The van der Waals surface area contributed by atoms with Gasteiger partial charge in [0.2, 0.25) is 5.91 Å². The molecule has 0 bridgehead atoms. The summed E-state index contributed by atoms with van der Waals surface area (Å²) >= 11 is 0. The third-order valence-corrected chi connectivity index (χ3v) is 4.62. The SMILES string of the molecule is CC(CN(C)C(=O)NC1CCCN(C(=O)Cc2ccccc2)C1)C(=O)O. The molecule has 1 heterocycles. The predicted octanol–water partition coefficient (Wildman–Crippen LogP) is 1.58. The molecule has 1 aliphatic rings. The van der Waals surface area contributed by atoms with E-state index in [1.165, 1.54) is 4.90 Å². The van der Waals surface area contributed by atoms with Crippen LogP contribution in [0.25, 0.3) is 0 Å². The number of amides is 3. The normalized spacial score (nSPS) is 18.1. The number of aliphatic carboxylic acids is 1. The van der Waals surface area contributed by atoms with E-state index in [1.54, 1.807) is 18.9 Å². The third-order valence-electron chi connectivity index (χ3n) is 4.62. The van der Waals surface area contributed by atoms with Crippen molar-refractivity contribution in [3.05, 3.63) is 35.9 Å². The molecule has 0 saturated carbocycles. The Hall–Kier alpha value is -2.57. The van der Waals surface area contributed by atoms with Gasteiger partial charge in [-0.15, -0.1) is 0 Å². The molecule has 2 N–H and O–H groups in total. The van der Waals surface area contributed by atoms with Gasteiger partial charge >= 0.3 is 12.0 Å². The number of likely N-dealkylation sites (tertiary alicyclic amines) is 1. The number of hydrogen-bond donors (Lipinski definition) is 2. The number of carbonyl (C=O) groups excluding carboxylic acids is 2. The Morgan fingerprint density at radius 3 is 2.65 bits per heavy atom. The molecule has 3 amide bonds. The number of urea groups is 1. The van der Waals surface area contributed by atoms with E-state index in [2.05, 4.69) is 5.32 Å². The van der Waals surface area contributed by atoms with Gasteiger partial charge in [-0.2, -0.15) is 0 Å². The van der Waals surface area contributed by atoms with Crippen molar-refractivity contribution >= 4 is 17.9 Å². The average molecular weight is 361 g/mol. The van der Waals surface area contributed by atoms with Gasteiger partial charge in [-0.3, -0.25) is 9.59 Å².